The number of amides is 1. The van der Waals surface area contributed by atoms with Gasteiger partial charge in [0, 0.05) is 5.69 Å². The number of aliphatic hydroxyl groups is 1. The van der Waals surface area contributed by atoms with Crippen LogP contribution in [0.2, 0.25) is 0 Å². The van der Waals surface area contributed by atoms with Crippen molar-refractivity contribution in [3.05, 3.63) is 29.8 Å². The fourth-order valence-electron chi connectivity index (χ4n) is 6.40. The average Bonchev–Trinajstić information content (AvgIpc) is 2.59. The van der Waals surface area contributed by atoms with E-state index >= 15 is 0 Å². The van der Waals surface area contributed by atoms with E-state index in [4.69, 9.17) is 4.74 Å². The predicted octanol–water partition coefficient (Wildman–Crippen LogP) is 4.40. The summed E-state index contributed by atoms with van der Waals surface area (Å²) in [5.74, 6) is 0.850. The lowest BCUT2D eigenvalue weighted by molar-refractivity contribution is -0.179. The zero-order chi connectivity index (χ0) is 20.8. The number of hydrogen-bond donors (Lipinski definition) is 2. The van der Waals surface area contributed by atoms with E-state index in [2.05, 4.69) is 19.2 Å². The quantitative estimate of drug-likeness (QED) is 0.695. The first-order valence-electron chi connectivity index (χ1n) is 11.0. The number of nitrogens with one attached hydrogen (secondary N) is 1. The second-order valence-corrected chi connectivity index (χ2v) is 10.3. The largest absolute Gasteiger partial charge is 0.453 e. The maximum atomic E-state index is 12.6. The molecule has 2 N–H and O–H groups in total. The van der Waals surface area contributed by atoms with Crippen LogP contribution < -0.4 is 5.32 Å². The summed E-state index contributed by atoms with van der Waals surface area (Å²) in [5.41, 5.74) is 1.18. The van der Waals surface area contributed by atoms with Crippen molar-refractivity contribution in [2.75, 3.05) is 5.32 Å². The fraction of sp³-hybridized carbons (Fsp3) is 0.667. The van der Waals surface area contributed by atoms with Gasteiger partial charge in [0.05, 0.1) is 12.0 Å². The molecule has 1 aromatic rings. The lowest BCUT2D eigenvalue weighted by atomic mass is 9.47. The highest BCUT2D eigenvalue weighted by molar-refractivity contribution is 5.95. The summed E-state index contributed by atoms with van der Waals surface area (Å²) >= 11 is 0. The Balaban J connectivity index is 1.32. The molecular formula is C24H33NO4. The fourth-order valence-corrected chi connectivity index (χ4v) is 6.40. The highest BCUT2D eigenvalue weighted by Gasteiger charge is 2.57. The molecule has 4 fully saturated rings. The summed E-state index contributed by atoms with van der Waals surface area (Å²) in [6.07, 6.45) is 5.13. The van der Waals surface area contributed by atoms with Gasteiger partial charge < -0.3 is 15.2 Å². The van der Waals surface area contributed by atoms with Gasteiger partial charge in [0.1, 0.15) is 0 Å². The van der Waals surface area contributed by atoms with Crippen LogP contribution in [0.5, 0.6) is 0 Å². The van der Waals surface area contributed by atoms with Crippen LogP contribution in [0.15, 0.2) is 24.3 Å². The zero-order valence-electron chi connectivity index (χ0n) is 17.7. The van der Waals surface area contributed by atoms with Gasteiger partial charge in [0.25, 0.3) is 5.91 Å². The van der Waals surface area contributed by atoms with Crippen molar-refractivity contribution in [2.24, 2.45) is 17.3 Å². The van der Waals surface area contributed by atoms with Crippen LogP contribution in [-0.2, 0) is 14.3 Å². The molecule has 2 unspecified atom stereocenters. The summed E-state index contributed by atoms with van der Waals surface area (Å²) in [7, 11) is 0. The third-order valence-electron chi connectivity index (χ3n) is 7.19. The van der Waals surface area contributed by atoms with E-state index in [9.17, 15) is 14.7 Å². The molecule has 5 rings (SSSR count). The van der Waals surface area contributed by atoms with Crippen molar-refractivity contribution in [3.8, 4) is 0 Å². The number of ether oxygens (including phenoxy) is 1. The molecule has 4 aliphatic rings. The minimum atomic E-state index is -0.843. The van der Waals surface area contributed by atoms with Crippen LogP contribution in [0.1, 0.15) is 77.2 Å². The molecule has 0 spiro atoms. The molecule has 158 valence electrons. The van der Waals surface area contributed by atoms with Gasteiger partial charge >= 0.3 is 5.97 Å². The maximum Gasteiger partial charge on any atom is 0.307 e. The zero-order valence-corrected chi connectivity index (χ0v) is 17.7. The predicted molar refractivity (Wildman–Crippen MR) is 111 cm³/mol. The summed E-state index contributed by atoms with van der Waals surface area (Å²) in [6, 6.07) is 7.74. The Labute approximate surface area is 173 Å². The molecule has 0 aliphatic heterocycles. The molecule has 4 saturated carbocycles. The summed E-state index contributed by atoms with van der Waals surface area (Å²) < 4.78 is 5.49. The highest BCUT2D eigenvalue weighted by Crippen LogP contribution is 2.62. The molecule has 5 atom stereocenters. The maximum absolute atomic E-state index is 12.6. The highest BCUT2D eigenvalue weighted by atomic mass is 16.5. The van der Waals surface area contributed by atoms with E-state index in [-0.39, 0.29) is 17.3 Å². The third kappa shape index (κ3) is 4.35. The molecule has 4 aliphatic carbocycles. The number of carbonyl (C=O) groups excluding carboxylic acids is 2. The number of benzene rings is 1. The van der Waals surface area contributed by atoms with Crippen molar-refractivity contribution in [1.29, 1.82) is 0 Å². The lowest BCUT2D eigenvalue weighted by Crippen LogP contribution is -2.56. The molecule has 4 bridgehead atoms. The number of esters is 1. The van der Waals surface area contributed by atoms with E-state index < -0.39 is 11.7 Å². The summed E-state index contributed by atoms with van der Waals surface area (Å²) in [4.78, 5) is 25.1. The van der Waals surface area contributed by atoms with Gasteiger partial charge in [-0.1, -0.05) is 26.0 Å². The van der Waals surface area contributed by atoms with Crippen LogP contribution in [0, 0.1) is 17.3 Å². The molecule has 5 nitrogen and oxygen atoms in total. The molecule has 5 heteroatoms. The van der Waals surface area contributed by atoms with Crippen molar-refractivity contribution in [2.45, 2.75) is 83.3 Å². The number of anilines is 1. The van der Waals surface area contributed by atoms with Gasteiger partial charge in [0.15, 0.2) is 6.10 Å². The molecule has 0 radical (unpaired) electrons. The Hall–Kier alpha value is -1.88. The monoisotopic (exact) mass is 399 g/mol. The first-order valence-corrected chi connectivity index (χ1v) is 11.0. The van der Waals surface area contributed by atoms with Crippen LogP contribution >= 0.6 is 0 Å². The average molecular weight is 400 g/mol. The SMILES string of the molecule is CC(C)c1ccc(NC(=O)[C@@H](C)OC(=O)CC23C[C@@H]4C[C@@H](CC(O)(C4)C2)C3)cc1. The Morgan fingerprint density at radius 1 is 1.10 bits per heavy atom. The van der Waals surface area contributed by atoms with Crippen LogP contribution in [-0.4, -0.2) is 28.7 Å². The first-order chi connectivity index (χ1) is 13.7. The Morgan fingerprint density at radius 2 is 1.72 bits per heavy atom. The van der Waals surface area contributed by atoms with E-state index in [1.54, 1.807) is 6.92 Å². The standard InChI is InChI=1S/C24H33NO4/c1-15(2)19-4-6-20(7-5-19)25-22(27)16(3)29-21(26)13-23-9-17-8-18(10-23)12-24(28,11-17)14-23/h4-7,15-18,28H,8-14H2,1-3H3,(H,25,27)/t16-,17-,18+,23?,24?/m1/s1. The molecule has 29 heavy (non-hydrogen) atoms. The Bertz CT molecular complexity index is 771. The van der Waals surface area contributed by atoms with Gasteiger partial charge in [0.2, 0.25) is 0 Å². The molecular weight excluding hydrogens is 366 g/mol. The molecule has 1 amide bonds. The Kier molecular flexibility index (Phi) is 5.22. The lowest BCUT2D eigenvalue weighted by Gasteiger charge is -2.60. The minimum absolute atomic E-state index is 0.140. The molecule has 0 saturated heterocycles. The van der Waals surface area contributed by atoms with Crippen molar-refractivity contribution in [3.63, 3.8) is 0 Å². The number of hydrogen-bond acceptors (Lipinski definition) is 4. The van der Waals surface area contributed by atoms with E-state index in [0.29, 0.717) is 36.3 Å². The van der Waals surface area contributed by atoms with Crippen LogP contribution in [0.4, 0.5) is 5.69 Å². The van der Waals surface area contributed by atoms with Gasteiger partial charge in [-0.3, -0.25) is 9.59 Å². The second kappa shape index (κ2) is 7.42. The molecule has 1 aromatic carbocycles. The van der Waals surface area contributed by atoms with E-state index in [1.807, 2.05) is 24.3 Å². The van der Waals surface area contributed by atoms with Crippen LogP contribution in [0.25, 0.3) is 0 Å². The van der Waals surface area contributed by atoms with Gasteiger partial charge in [-0.05, 0) is 86.3 Å². The molecule has 0 aromatic heterocycles. The number of rotatable bonds is 6. The summed E-state index contributed by atoms with van der Waals surface area (Å²) in [5, 5.41) is 13.7. The minimum Gasteiger partial charge on any atom is -0.453 e. The van der Waals surface area contributed by atoms with Crippen molar-refractivity contribution >= 4 is 17.6 Å². The second-order valence-electron chi connectivity index (χ2n) is 10.3. The van der Waals surface area contributed by atoms with Gasteiger partial charge in [-0.25, -0.2) is 0 Å². The first kappa shape index (κ1) is 20.4. The smallest absolute Gasteiger partial charge is 0.307 e. The van der Waals surface area contributed by atoms with Crippen LogP contribution in [0.3, 0.4) is 0 Å². The van der Waals surface area contributed by atoms with E-state index in [1.165, 1.54) is 12.0 Å². The van der Waals surface area contributed by atoms with Gasteiger partial charge in [-0.2, -0.15) is 0 Å². The topological polar surface area (TPSA) is 75.6 Å². The van der Waals surface area contributed by atoms with Crippen molar-refractivity contribution < 1.29 is 19.4 Å². The summed E-state index contributed by atoms with van der Waals surface area (Å²) in [6.45, 7) is 5.86. The Morgan fingerprint density at radius 3 is 2.28 bits per heavy atom. The van der Waals surface area contributed by atoms with Gasteiger partial charge in [-0.15, -0.1) is 0 Å². The van der Waals surface area contributed by atoms with E-state index in [0.717, 1.165) is 25.7 Å². The third-order valence-corrected chi connectivity index (χ3v) is 7.19. The van der Waals surface area contributed by atoms with Crippen molar-refractivity contribution in [1.82, 2.24) is 0 Å². The normalized spacial score (nSPS) is 33.6. The number of carbonyl (C=O) groups is 2. The molecule has 0 heterocycles.